The monoisotopic (exact) mass is 1320 g/mol. The van der Waals surface area contributed by atoms with Crippen molar-refractivity contribution in [3.8, 4) is 0 Å². The highest BCUT2D eigenvalue weighted by Crippen LogP contribution is 2.40. The third-order valence-corrected chi connectivity index (χ3v) is 23.3. The smallest absolute Gasteiger partial charge is 0.246 e. The molecule has 92 heavy (non-hydrogen) atoms. The van der Waals surface area contributed by atoms with E-state index in [-0.39, 0.29) is 68.6 Å². The highest BCUT2D eigenvalue weighted by atomic mass is 28.4. The van der Waals surface area contributed by atoms with Crippen molar-refractivity contribution in [1.82, 2.24) is 50.2 Å². The van der Waals surface area contributed by atoms with E-state index in [1.54, 1.807) is 48.5 Å². The van der Waals surface area contributed by atoms with E-state index in [1.807, 2.05) is 89.3 Å². The third-order valence-electron chi connectivity index (χ3n) is 18.8. The topological polar surface area (TPSA) is 273 Å². The maximum atomic E-state index is 15.7. The number of rotatable bonds is 17. The molecule has 0 aromatic rings. The third kappa shape index (κ3) is 22.4. The van der Waals surface area contributed by atoms with Crippen molar-refractivity contribution in [2.75, 3.05) is 49.3 Å². The number of hydrogen-bond acceptors (Lipinski definition) is 13. The number of Topliss-reactive ketones (excluding diaryl/α,β-unsaturated/α-hetero) is 1. The number of hydrogen-bond donors (Lipinski definition) is 3. The van der Waals surface area contributed by atoms with Crippen molar-refractivity contribution in [1.29, 1.82) is 0 Å². The molecule has 0 aliphatic carbocycles. The fourth-order valence-electron chi connectivity index (χ4n) is 11.6. The maximum absolute atomic E-state index is 15.7. The quantitative estimate of drug-likeness (QED) is 0.105. The van der Waals surface area contributed by atoms with Crippen LogP contribution in [0.2, 0.25) is 18.1 Å². The highest BCUT2D eigenvalue weighted by molar-refractivity contribution is 6.74. The molecule has 23 nitrogen and oxygen atoms in total. The zero-order chi connectivity index (χ0) is 71.8. The molecular formula is C68H124N10O13Si. The number of ketones is 1. The number of aldehydes is 1. The van der Waals surface area contributed by atoms with E-state index in [2.05, 4.69) is 16.0 Å². The summed E-state index contributed by atoms with van der Waals surface area (Å²) in [6.45, 7) is 40.0. The van der Waals surface area contributed by atoms with Crippen molar-refractivity contribution in [3.63, 3.8) is 0 Å². The predicted molar refractivity (Wildman–Crippen MR) is 362 cm³/mol. The number of likely N-dealkylation sites (N-methyl/N-ethyl adjacent to an activating group) is 7. The van der Waals surface area contributed by atoms with Gasteiger partial charge in [0.2, 0.25) is 59.1 Å². The Balaban J connectivity index is 4.58. The van der Waals surface area contributed by atoms with E-state index in [4.69, 9.17) is 4.43 Å². The molecule has 0 radical (unpaired) electrons. The lowest BCUT2D eigenvalue weighted by atomic mass is 9.91. The van der Waals surface area contributed by atoms with Gasteiger partial charge < -0.3 is 59.5 Å². The van der Waals surface area contributed by atoms with Gasteiger partial charge >= 0.3 is 0 Å². The molecule has 0 aromatic heterocycles. The SMILES string of the molecule is CC[C@H]1NC(=O)[C@@H]([C@H](O[Si](C)(C)C(C)(C)C)[C@H](C)CC=O)N(C)C(=O)[C@@H](C(C)C)N(C)C(=O)[C@@H](CC(C)C)N(C)C(=O)[C@@H](CC(C)C)N(C)C(=O)[C@H](C)CC(=O)[C@@H](C)NC(=O)[C@@H](CC(C)C)N(C)C(=O)[C@@H](C(C)C)NC(=O)[C@H](CC(C)C)N(C)C(=O)[C@@H](C)N(C)C1=O. The number of amides is 10. The molecular weight excluding hydrogens is 1190 g/mol. The lowest BCUT2D eigenvalue weighted by Crippen LogP contribution is -2.65. The van der Waals surface area contributed by atoms with Gasteiger partial charge in [-0.2, -0.15) is 0 Å². The Morgan fingerprint density at radius 2 is 0.891 bits per heavy atom. The minimum Gasteiger partial charge on any atom is -0.411 e. The van der Waals surface area contributed by atoms with Crippen molar-refractivity contribution in [2.45, 2.75) is 268 Å². The molecule has 1 heterocycles. The molecule has 1 fully saturated rings. The van der Waals surface area contributed by atoms with Crippen LogP contribution in [-0.2, 0) is 62.0 Å². The van der Waals surface area contributed by atoms with Gasteiger partial charge in [0.05, 0.1) is 12.1 Å². The molecule has 1 saturated heterocycles. The molecule has 13 atom stereocenters. The fourth-order valence-corrected chi connectivity index (χ4v) is 13.0. The first kappa shape index (κ1) is 84.2. The Morgan fingerprint density at radius 3 is 1.30 bits per heavy atom. The predicted octanol–water partition coefficient (Wildman–Crippen LogP) is 6.40. The van der Waals surface area contributed by atoms with Crippen LogP contribution in [0, 0.1) is 47.3 Å². The molecule has 0 saturated carbocycles. The molecule has 0 spiro atoms. The van der Waals surface area contributed by atoms with Crippen molar-refractivity contribution >= 4 is 79.5 Å². The molecule has 1 aliphatic heterocycles. The maximum Gasteiger partial charge on any atom is 0.246 e. The Labute approximate surface area is 554 Å². The van der Waals surface area contributed by atoms with Crippen LogP contribution < -0.4 is 16.0 Å². The minimum absolute atomic E-state index is 0.0122. The molecule has 3 N–H and O–H groups in total. The van der Waals surface area contributed by atoms with E-state index in [1.165, 1.54) is 97.5 Å². The van der Waals surface area contributed by atoms with Crippen molar-refractivity contribution in [3.05, 3.63) is 0 Å². The summed E-state index contributed by atoms with van der Waals surface area (Å²) in [6, 6.07) is -12.2. The summed E-state index contributed by atoms with van der Waals surface area (Å²) in [5.74, 6) is -10.2. The number of carbonyl (C=O) groups excluding carboxylic acids is 12. The van der Waals surface area contributed by atoms with Crippen LogP contribution in [0.5, 0.6) is 0 Å². The normalized spacial score (nSPS) is 26.9. The second kappa shape index (κ2) is 36.2. The van der Waals surface area contributed by atoms with Gasteiger partial charge in [0.25, 0.3) is 0 Å². The van der Waals surface area contributed by atoms with Gasteiger partial charge in [0.1, 0.15) is 60.7 Å². The van der Waals surface area contributed by atoms with Crippen LogP contribution in [0.4, 0.5) is 0 Å². The van der Waals surface area contributed by atoms with Crippen LogP contribution >= 0.6 is 0 Å². The van der Waals surface area contributed by atoms with E-state index >= 15 is 19.2 Å². The summed E-state index contributed by atoms with van der Waals surface area (Å²) in [5, 5.41) is 8.14. The zero-order valence-electron chi connectivity index (χ0n) is 61.9. The van der Waals surface area contributed by atoms with E-state index < -0.39 is 168 Å². The van der Waals surface area contributed by atoms with Crippen LogP contribution in [0.3, 0.4) is 0 Å². The number of carbonyl (C=O) groups is 12. The molecule has 528 valence electrons. The Hall–Kier alpha value is -5.78. The van der Waals surface area contributed by atoms with Crippen LogP contribution in [-0.4, -0.2) is 230 Å². The first-order chi connectivity index (χ1) is 42.1. The van der Waals surface area contributed by atoms with E-state index in [0.29, 0.717) is 6.29 Å². The average Bonchev–Trinajstić information content (AvgIpc) is 0.794. The lowest BCUT2D eigenvalue weighted by molar-refractivity contribution is -0.157. The van der Waals surface area contributed by atoms with Crippen molar-refractivity contribution in [2.24, 2.45) is 47.3 Å². The second-order valence-corrected chi connectivity index (χ2v) is 35.0. The zero-order valence-corrected chi connectivity index (χ0v) is 62.9. The Morgan fingerprint density at radius 1 is 0.489 bits per heavy atom. The Kier molecular flexibility index (Phi) is 33.1. The fraction of sp³-hybridized carbons (Fsp3) is 0.824. The number of nitrogens with one attached hydrogen (secondary N) is 3. The van der Waals surface area contributed by atoms with Gasteiger partial charge in [-0.05, 0) is 106 Å². The molecule has 24 heteroatoms. The summed E-state index contributed by atoms with van der Waals surface area (Å²) in [7, 11) is 7.28. The minimum atomic E-state index is -2.89. The summed E-state index contributed by atoms with van der Waals surface area (Å²) in [5.41, 5.74) is 0. The van der Waals surface area contributed by atoms with Gasteiger partial charge in [0, 0.05) is 68.1 Å². The molecule has 1 aliphatic rings. The van der Waals surface area contributed by atoms with Crippen molar-refractivity contribution < 1.29 is 62.0 Å². The van der Waals surface area contributed by atoms with Crippen LogP contribution in [0.1, 0.15) is 183 Å². The molecule has 1 rings (SSSR count). The van der Waals surface area contributed by atoms with Gasteiger partial charge in [-0.3, -0.25) is 52.7 Å². The van der Waals surface area contributed by atoms with Gasteiger partial charge in [0.15, 0.2) is 14.1 Å². The summed E-state index contributed by atoms with van der Waals surface area (Å²) in [4.78, 5) is 185. The highest BCUT2D eigenvalue weighted by Gasteiger charge is 2.50. The summed E-state index contributed by atoms with van der Waals surface area (Å²) >= 11 is 0. The largest absolute Gasteiger partial charge is 0.411 e. The molecule has 0 unspecified atom stereocenters. The van der Waals surface area contributed by atoms with Gasteiger partial charge in [-0.1, -0.05) is 125 Å². The van der Waals surface area contributed by atoms with Gasteiger partial charge in [-0.15, -0.1) is 0 Å². The second-order valence-electron chi connectivity index (χ2n) is 30.3. The standard InChI is InChI=1S/C68H124N10O13Si/c1-30-48-63(86)72(21)47(17)62(85)73(22)50(34-39(4)5)59(82)71-54(42(10)11)66(89)74(23)49(33-38(2)3)58(81)69-46(16)53(80)37-45(15)61(84)75(24)51(35-40(6)7)64(87)76(25)52(36-41(8)9)65(88)77(26)55(43(12)13)67(90)78(27)56(60(83)70-48)57(44(14)31-32-79)91-92(28,29)68(18,19)20/h32,38-52,54-57H,30-31,33-37H2,1-29H3,(H,69,81)(H,70,83)(H,71,82)/t44-,45-,46-,47-,48-,49-,50+,51-,52-,54-,55-,56-,57-/m1/s1. The molecule has 0 aromatic carbocycles. The average molecular weight is 1320 g/mol. The Bertz CT molecular complexity index is 2550. The lowest BCUT2D eigenvalue weighted by Gasteiger charge is -2.46. The molecule has 10 amide bonds. The van der Waals surface area contributed by atoms with Gasteiger partial charge in [-0.25, -0.2) is 0 Å². The van der Waals surface area contributed by atoms with Crippen LogP contribution in [0.25, 0.3) is 0 Å². The number of nitrogens with zero attached hydrogens (tertiary/aromatic N) is 7. The van der Waals surface area contributed by atoms with Crippen LogP contribution in [0.15, 0.2) is 0 Å². The molecule has 0 bridgehead atoms. The first-order valence-electron chi connectivity index (χ1n) is 33.5. The summed E-state index contributed by atoms with van der Waals surface area (Å²) in [6.07, 6.45) is -0.180. The van der Waals surface area contributed by atoms with E-state index in [0.717, 1.165) is 0 Å². The summed E-state index contributed by atoms with van der Waals surface area (Å²) < 4.78 is 7.11. The first-order valence-corrected chi connectivity index (χ1v) is 36.4. The van der Waals surface area contributed by atoms with E-state index in [9.17, 15) is 38.4 Å².